The molecular weight excluding hydrogens is 304 g/mol. The van der Waals surface area contributed by atoms with Crippen molar-refractivity contribution in [2.75, 3.05) is 40.4 Å². The van der Waals surface area contributed by atoms with Crippen molar-refractivity contribution < 1.29 is 14.3 Å². The van der Waals surface area contributed by atoms with E-state index in [2.05, 4.69) is 17.1 Å². The number of fused-ring (bicyclic) bond motifs is 1. The monoisotopic (exact) mass is 332 g/mol. The molecule has 2 heterocycles. The third-order valence-electron chi connectivity index (χ3n) is 5.49. The number of rotatable bonds is 5. The van der Waals surface area contributed by atoms with Crippen LogP contribution in [0, 0.1) is 0 Å². The number of ether oxygens (including phenoxy) is 2. The Kier molecular flexibility index (Phi) is 4.99. The molecule has 1 saturated heterocycles. The van der Waals surface area contributed by atoms with Crippen LogP contribution in [-0.4, -0.2) is 51.2 Å². The maximum Gasteiger partial charge on any atom is 0.251 e. The minimum Gasteiger partial charge on any atom is -0.493 e. The van der Waals surface area contributed by atoms with Crippen LogP contribution in [0.1, 0.15) is 48.5 Å². The normalized spacial score (nSPS) is 24.2. The number of likely N-dealkylation sites (tertiary alicyclic amines) is 1. The SMILES string of the molecule is COc1cc2c(cc1OC)C(C)(CCN1CCCCC1)CNC2=O. The minimum absolute atomic E-state index is 0.0265. The topological polar surface area (TPSA) is 50.8 Å². The predicted molar refractivity (Wildman–Crippen MR) is 94.1 cm³/mol. The van der Waals surface area contributed by atoms with Gasteiger partial charge in [-0.2, -0.15) is 0 Å². The van der Waals surface area contributed by atoms with Gasteiger partial charge >= 0.3 is 0 Å². The summed E-state index contributed by atoms with van der Waals surface area (Å²) >= 11 is 0. The number of amides is 1. The molecule has 1 unspecified atom stereocenters. The van der Waals surface area contributed by atoms with Gasteiger partial charge in [0.05, 0.1) is 14.2 Å². The Balaban J connectivity index is 1.87. The quantitative estimate of drug-likeness (QED) is 0.900. The second-order valence-electron chi connectivity index (χ2n) is 7.15. The molecule has 0 saturated carbocycles. The van der Waals surface area contributed by atoms with Gasteiger partial charge in [0.25, 0.3) is 5.91 Å². The Morgan fingerprint density at radius 2 is 1.79 bits per heavy atom. The van der Waals surface area contributed by atoms with Gasteiger partial charge in [0.2, 0.25) is 0 Å². The molecule has 3 rings (SSSR count). The molecule has 2 aliphatic rings. The number of carbonyl (C=O) groups excluding carboxylic acids is 1. The number of carbonyl (C=O) groups is 1. The van der Waals surface area contributed by atoms with Gasteiger partial charge in [-0.3, -0.25) is 4.79 Å². The van der Waals surface area contributed by atoms with E-state index in [0.717, 1.165) is 18.5 Å². The lowest BCUT2D eigenvalue weighted by Gasteiger charge is -2.38. The number of nitrogens with one attached hydrogen (secondary N) is 1. The van der Waals surface area contributed by atoms with Crippen molar-refractivity contribution in [1.82, 2.24) is 10.2 Å². The van der Waals surface area contributed by atoms with E-state index in [1.165, 1.54) is 32.4 Å². The number of methoxy groups -OCH3 is 2. The largest absolute Gasteiger partial charge is 0.493 e. The number of nitrogens with zero attached hydrogens (tertiary/aromatic N) is 1. The molecule has 1 amide bonds. The van der Waals surface area contributed by atoms with Crippen molar-refractivity contribution >= 4 is 5.91 Å². The number of piperidine rings is 1. The third kappa shape index (κ3) is 3.22. The highest BCUT2D eigenvalue weighted by molar-refractivity contribution is 5.98. The molecule has 0 aromatic heterocycles. The summed E-state index contributed by atoms with van der Waals surface area (Å²) in [5, 5.41) is 3.05. The first-order chi connectivity index (χ1) is 11.6. The van der Waals surface area contributed by atoms with Crippen LogP contribution < -0.4 is 14.8 Å². The summed E-state index contributed by atoms with van der Waals surface area (Å²) in [4.78, 5) is 14.9. The van der Waals surface area contributed by atoms with Crippen molar-refractivity contribution in [3.8, 4) is 11.5 Å². The van der Waals surface area contributed by atoms with Gasteiger partial charge in [-0.15, -0.1) is 0 Å². The Hall–Kier alpha value is -1.75. The molecule has 1 atom stereocenters. The van der Waals surface area contributed by atoms with E-state index in [4.69, 9.17) is 9.47 Å². The number of hydrogen-bond acceptors (Lipinski definition) is 4. The number of hydrogen-bond donors (Lipinski definition) is 1. The highest BCUT2D eigenvalue weighted by atomic mass is 16.5. The van der Waals surface area contributed by atoms with E-state index in [1.807, 2.05) is 12.1 Å². The molecule has 5 heteroatoms. The summed E-state index contributed by atoms with van der Waals surface area (Å²) in [6, 6.07) is 3.80. The lowest BCUT2D eigenvalue weighted by molar-refractivity contribution is 0.0920. The molecule has 132 valence electrons. The standard InChI is InChI=1S/C19H28N2O3/c1-19(7-10-21-8-5-4-6-9-21)13-20-18(22)14-11-16(23-2)17(24-3)12-15(14)19/h11-12H,4-10,13H2,1-3H3,(H,20,22). The van der Waals surface area contributed by atoms with Crippen LogP contribution in [0.15, 0.2) is 12.1 Å². The Morgan fingerprint density at radius 1 is 1.12 bits per heavy atom. The van der Waals surface area contributed by atoms with Crippen molar-refractivity contribution in [3.05, 3.63) is 23.3 Å². The summed E-state index contributed by atoms with van der Waals surface area (Å²) in [6.07, 6.45) is 4.98. The maximum absolute atomic E-state index is 12.3. The molecule has 0 bridgehead atoms. The summed E-state index contributed by atoms with van der Waals surface area (Å²) in [6.45, 7) is 6.37. The minimum atomic E-state index is -0.0831. The van der Waals surface area contributed by atoms with E-state index in [9.17, 15) is 4.79 Å². The Labute approximate surface area is 144 Å². The second-order valence-corrected chi connectivity index (χ2v) is 7.15. The molecule has 2 aliphatic heterocycles. The van der Waals surface area contributed by atoms with Crippen molar-refractivity contribution in [3.63, 3.8) is 0 Å². The van der Waals surface area contributed by atoms with Crippen LogP contribution in [0.25, 0.3) is 0 Å². The first-order valence-electron chi connectivity index (χ1n) is 8.84. The predicted octanol–water partition coefficient (Wildman–Crippen LogP) is 2.58. The first-order valence-corrected chi connectivity index (χ1v) is 8.84. The highest BCUT2D eigenvalue weighted by Crippen LogP contribution is 2.40. The van der Waals surface area contributed by atoms with E-state index < -0.39 is 0 Å². The van der Waals surface area contributed by atoms with E-state index in [0.29, 0.717) is 23.6 Å². The lowest BCUT2D eigenvalue weighted by Crippen LogP contribution is -2.47. The van der Waals surface area contributed by atoms with Crippen molar-refractivity contribution in [2.24, 2.45) is 0 Å². The maximum atomic E-state index is 12.3. The lowest BCUT2D eigenvalue weighted by atomic mass is 9.74. The van der Waals surface area contributed by atoms with Gasteiger partial charge < -0.3 is 19.7 Å². The molecule has 1 N–H and O–H groups in total. The van der Waals surface area contributed by atoms with Crippen LogP contribution in [0.3, 0.4) is 0 Å². The van der Waals surface area contributed by atoms with Gasteiger partial charge in [-0.25, -0.2) is 0 Å². The summed E-state index contributed by atoms with van der Waals surface area (Å²) in [7, 11) is 3.23. The van der Waals surface area contributed by atoms with Crippen LogP contribution in [-0.2, 0) is 5.41 Å². The zero-order valence-electron chi connectivity index (χ0n) is 15.0. The summed E-state index contributed by atoms with van der Waals surface area (Å²) in [5.74, 6) is 1.27. The second kappa shape index (κ2) is 7.01. The highest BCUT2D eigenvalue weighted by Gasteiger charge is 2.37. The summed E-state index contributed by atoms with van der Waals surface area (Å²) < 4.78 is 10.8. The average molecular weight is 332 g/mol. The van der Waals surface area contributed by atoms with E-state index in [1.54, 1.807) is 14.2 Å². The Morgan fingerprint density at radius 3 is 2.46 bits per heavy atom. The molecule has 0 aliphatic carbocycles. The van der Waals surface area contributed by atoms with Gasteiger partial charge in [0, 0.05) is 17.5 Å². The van der Waals surface area contributed by atoms with Crippen LogP contribution in [0.4, 0.5) is 0 Å². The van der Waals surface area contributed by atoms with Crippen LogP contribution in [0.5, 0.6) is 11.5 Å². The fraction of sp³-hybridized carbons (Fsp3) is 0.632. The average Bonchev–Trinajstić information content (AvgIpc) is 2.63. The zero-order valence-corrected chi connectivity index (χ0v) is 15.0. The van der Waals surface area contributed by atoms with E-state index in [-0.39, 0.29) is 11.3 Å². The zero-order chi connectivity index (χ0) is 17.2. The van der Waals surface area contributed by atoms with Gasteiger partial charge in [0.15, 0.2) is 11.5 Å². The van der Waals surface area contributed by atoms with E-state index >= 15 is 0 Å². The fourth-order valence-corrected chi connectivity index (χ4v) is 3.84. The molecule has 0 spiro atoms. The number of benzene rings is 1. The molecule has 1 fully saturated rings. The smallest absolute Gasteiger partial charge is 0.251 e. The first kappa shape index (κ1) is 17.1. The molecule has 0 radical (unpaired) electrons. The Bertz CT molecular complexity index is 611. The molecule has 5 nitrogen and oxygen atoms in total. The van der Waals surface area contributed by atoms with Crippen molar-refractivity contribution in [2.45, 2.75) is 38.0 Å². The molecule has 1 aromatic carbocycles. The van der Waals surface area contributed by atoms with Crippen molar-refractivity contribution in [1.29, 1.82) is 0 Å². The molecular formula is C19H28N2O3. The van der Waals surface area contributed by atoms with Crippen LogP contribution in [0.2, 0.25) is 0 Å². The van der Waals surface area contributed by atoms with Gasteiger partial charge in [0.1, 0.15) is 0 Å². The third-order valence-corrected chi connectivity index (χ3v) is 5.49. The summed E-state index contributed by atoms with van der Waals surface area (Å²) in [5.41, 5.74) is 1.70. The molecule has 1 aromatic rings. The molecule has 24 heavy (non-hydrogen) atoms. The fourth-order valence-electron chi connectivity index (χ4n) is 3.84. The van der Waals surface area contributed by atoms with Crippen LogP contribution >= 0.6 is 0 Å². The van der Waals surface area contributed by atoms with Gasteiger partial charge in [-0.05, 0) is 56.6 Å². The van der Waals surface area contributed by atoms with Gasteiger partial charge in [-0.1, -0.05) is 13.3 Å².